The molecule has 0 aliphatic heterocycles. The molecule has 1 aromatic heterocycles. The predicted octanol–water partition coefficient (Wildman–Crippen LogP) is 6.04. The molecule has 0 amide bonds. The van der Waals surface area contributed by atoms with E-state index in [1.807, 2.05) is 60.7 Å². The van der Waals surface area contributed by atoms with E-state index < -0.39 is 0 Å². The van der Waals surface area contributed by atoms with Crippen LogP contribution in [0.15, 0.2) is 124 Å². The van der Waals surface area contributed by atoms with E-state index in [1.54, 1.807) is 31.4 Å². The number of allylic oxidation sites excluding steroid dienone is 4. The van der Waals surface area contributed by atoms with E-state index in [1.165, 1.54) is 26.4 Å². The third-order valence-corrected chi connectivity index (χ3v) is 6.33. The van der Waals surface area contributed by atoms with Gasteiger partial charge in [0.05, 0.1) is 26.7 Å². The number of carbonyl (C=O) groups excluding carboxylic acids is 2. The maximum absolute atomic E-state index is 12.6. The van der Waals surface area contributed by atoms with Crippen LogP contribution < -0.4 is 14.9 Å². The average Bonchev–Trinajstić information content (AvgIpc) is 3.00. The van der Waals surface area contributed by atoms with Gasteiger partial charge in [-0.05, 0) is 23.8 Å². The first kappa shape index (κ1) is 27.9. The highest BCUT2D eigenvalue weighted by Crippen LogP contribution is 2.34. The molecule has 0 saturated carbocycles. The van der Waals surface area contributed by atoms with Crippen LogP contribution in [0.25, 0.3) is 22.3 Å². The Labute approximate surface area is 231 Å². The fraction of sp³-hybridized carbons (Fsp3) is 0.121. The second-order valence-corrected chi connectivity index (χ2v) is 8.66. The van der Waals surface area contributed by atoms with Crippen molar-refractivity contribution in [2.75, 3.05) is 21.3 Å². The van der Waals surface area contributed by atoms with Gasteiger partial charge in [-0.2, -0.15) is 0 Å². The normalized spacial score (nSPS) is 13.4. The molecule has 0 N–H and O–H groups in total. The van der Waals surface area contributed by atoms with E-state index in [9.17, 15) is 14.4 Å². The fourth-order valence-corrected chi connectivity index (χ4v) is 4.36. The summed E-state index contributed by atoms with van der Waals surface area (Å²) in [6, 6.07) is 24.1. The van der Waals surface area contributed by atoms with Crippen molar-refractivity contribution in [2.45, 2.75) is 5.92 Å². The molecule has 0 bridgehead atoms. The molecule has 1 heterocycles. The van der Waals surface area contributed by atoms with E-state index in [-0.39, 0.29) is 34.4 Å². The molecule has 5 rings (SSSR count). The van der Waals surface area contributed by atoms with Gasteiger partial charge in [0.15, 0.2) is 28.6 Å². The van der Waals surface area contributed by atoms with Crippen LogP contribution >= 0.6 is 0 Å². The van der Waals surface area contributed by atoms with Gasteiger partial charge < -0.3 is 18.6 Å². The van der Waals surface area contributed by atoms with Crippen molar-refractivity contribution >= 4 is 22.5 Å². The number of para-hydroxylation sites is 1. The number of rotatable bonds is 7. The van der Waals surface area contributed by atoms with Crippen molar-refractivity contribution in [3.05, 3.63) is 131 Å². The van der Waals surface area contributed by atoms with E-state index >= 15 is 0 Å². The van der Waals surface area contributed by atoms with Crippen LogP contribution in [0, 0.1) is 0 Å². The average molecular weight is 537 g/mol. The number of benzene rings is 3. The Balaban J connectivity index is 0.000000186. The standard InChI is InChI=1S/C17H14O4.C16H14O3/c1-19-13-10-6-9-12-14(18)17(20-2)15(21-16(12)13)11-7-4-3-5-8-11;1-3-12(11-7-5-4-6-8-11)13-9-15(18)16(19-2)10-14(13)17/h3-10H,1-2H3;3-10,12H,1H2,2H3. The Kier molecular flexibility index (Phi) is 8.76. The minimum absolute atomic E-state index is 0.0737. The van der Waals surface area contributed by atoms with Crippen molar-refractivity contribution in [1.29, 1.82) is 0 Å². The largest absolute Gasteiger partial charge is 0.493 e. The lowest BCUT2D eigenvalue weighted by molar-refractivity contribution is -0.117. The monoisotopic (exact) mass is 536 g/mol. The van der Waals surface area contributed by atoms with Crippen LogP contribution in [-0.2, 0) is 14.3 Å². The minimum atomic E-state index is -0.292. The number of hydrogen-bond donors (Lipinski definition) is 0. The number of ether oxygens (including phenoxy) is 3. The Bertz CT molecular complexity index is 1660. The van der Waals surface area contributed by atoms with Gasteiger partial charge in [0, 0.05) is 23.1 Å². The summed E-state index contributed by atoms with van der Waals surface area (Å²) in [6.45, 7) is 3.75. The van der Waals surface area contributed by atoms with Crippen LogP contribution in [0.1, 0.15) is 11.5 Å². The van der Waals surface area contributed by atoms with Crippen LogP contribution in [0.5, 0.6) is 11.5 Å². The number of methoxy groups -OCH3 is 3. The first-order chi connectivity index (χ1) is 19.4. The van der Waals surface area contributed by atoms with Crippen LogP contribution in [-0.4, -0.2) is 32.9 Å². The maximum Gasteiger partial charge on any atom is 0.235 e. The van der Waals surface area contributed by atoms with Gasteiger partial charge in [0.1, 0.15) is 0 Å². The molecule has 4 aromatic rings. The SMILES string of the molecule is C=CC(C1=CC(=O)C(OC)=CC1=O)c1ccccc1.COc1c(-c2ccccc2)oc2c(OC)cccc2c1=O. The molecule has 1 unspecified atom stereocenters. The maximum atomic E-state index is 12.6. The molecule has 40 heavy (non-hydrogen) atoms. The molecule has 0 radical (unpaired) electrons. The van der Waals surface area contributed by atoms with E-state index in [2.05, 4.69) is 6.58 Å². The zero-order valence-electron chi connectivity index (χ0n) is 22.4. The zero-order valence-corrected chi connectivity index (χ0v) is 22.4. The number of hydrogen-bond acceptors (Lipinski definition) is 7. The molecule has 3 aromatic carbocycles. The highest BCUT2D eigenvalue weighted by atomic mass is 16.5. The highest BCUT2D eigenvalue weighted by molar-refractivity contribution is 6.19. The van der Waals surface area contributed by atoms with Gasteiger partial charge in [-0.1, -0.05) is 72.8 Å². The fourth-order valence-electron chi connectivity index (χ4n) is 4.36. The third-order valence-electron chi connectivity index (χ3n) is 6.33. The lowest BCUT2D eigenvalue weighted by Gasteiger charge is -2.18. The van der Waals surface area contributed by atoms with Crippen LogP contribution in [0.2, 0.25) is 0 Å². The Morgan fingerprint density at radius 1 is 0.750 bits per heavy atom. The number of fused-ring (bicyclic) bond motifs is 1. The predicted molar refractivity (Wildman–Crippen MR) is 154 cm³/mol. The minimum Gasteiger partial charge on any atom is -0.493 e. The summed E-state index contributed by atoms with van der Waals surface area (Å²) in [5.74, 6) is 0.397. The van der Waals surface area contributed by atoms with Crippen molar-refractivity contribution in [1.82, 2.24) is 0 Å². The first-order valence-corrected chi connectivity index (χ1v) is 12.4. The highest BCUT2D eigenvalue weighted by Gasteiger charge is 2.26. The molecular weight excluding hydrogens is 508 g/mol. The van der Waals surface area contributed by atoms with Gasteiger partial charge in [-0.25, -0.2) is 0 Å². The van der Waals surface area contributed by atoms with Crippen LogP contribution in [0.4, 0.5) is 0 Å². The number of ketones is 2. The van der Waals surface area contributed by atoms with Gasteiger partial charge in [0.25, 0.3) is 0 Å². The van der Waals surface area contributed by atoms with Crippen molar-refractivity contribution in [3.8, 4) is 22.8 Å². The Hall–Kier alpha value is -5.17. The van der Waals surface area contributed by atoms with Gasteiger partial charge in [0.2, 0.25) is 17.0 Å². The molecule has 1 atom stereocenters. The van der Waals surface area contributed by atoms with Crippen molar-refractivity contribution in [3.63, 3.8) is 0 Å². The summed E-state index contributed by atoms with van der Waals surface area (Å²) in [4.78, 5) is 36.4. The molecule has 0 saturated heterocycles. The third kappa shape index (κ3) is 5.63. The molecular formula is C33H28O7. The van der Waals surface area contributed by atoms with Crippen molar-refractivity contribution in [2.24, 2.45) is 0 Å². The molecule has 0 spiro atoms. The summed E-state index contributed by atoms with van der Waals surface area (Å²) >= 11 is 0. The molecule has 7 nitrogen and oxygen atoms in total. The van der Waals surface area contributed by atoms with E-state index in [4.69, 9.17) is 18.6 Å². The Morgan fingerprint density at radius 2 is 1.43 bits per heavy atom. The molecule has 0 fully saturated rings. The number of carbonyl (C=O) groups is 2. The van der Waals surface area contributed by atoms with E-state index in [0.717, 1.165) is 11.1 Å². The quantitative estimate of drug-likeness (QED) is 0.210. The zero-order chi connectivity index (χ0) is 28.6. The lowest BCUT2D eigenvalue weighted by Crippen LogP contribution is -2.18. The molecule has 202 valence electrons. The second-order valence-electron chi connectivity index (χ2n) is 8.66. The van der Waals surface area contributed by atoms with Crippen LogP contribution in [0.3, 0.4) is 0 Å². The van der Waals surface area contributed by atoms with Gasteiger partial charge >= 0.3 is 0 Å². The topological polar surface area (TPSA) is 92.0 Å². The lowest BCUT2D eigenvalue weighted by atomic mass is 9.85. The first-order valence-electron chi connectivity index (χ1n) is 12.4. The second kappa shape index (κ2) is 12.6. The summed E-state index contributed by atoms with van der Waals surface area (Å²) in [5, 5.41) is 0.436. The molecule has 1 aliphatic carbocycles. The summed E-state index contributed by atoms with van der Waals surface area (Å²) in [5.41, 5.74) is 2.34. The van der Waals surface area contributed by atoms with E-state index in [0.29, 0.717) is 28.1 Å². The summed E-state index contributed by atoms with van der Waals surface area (Å²) in [7, 11) is 4.38. The summed E-state index contributed by atoms with van der Waals surface area (Å²) in [6.07, 6.45) is 4.23. The van der Waals surface area contributed by atoms with Gasteiger partial charge in [-0.3, -0.25) is 14.4 Å². The van der Waals surface area contributed by atoms with Gasteiger partial charge in [-0.15, -0.1) is 6.58 Å². The Morgan fingerprint density at radius 3 is 2.02 bits per heavy atom. The smallest absolute Gasteiger partial charge is 0.235 e. The van der Waals surface area contributed by atoms with Crippen molar-refractivity contribution < 1.29 is 28.2 Å². The molecule has 7 heteroatoms. The molecule has 1 aliphatic rings. The summed E-state index contributed by atoms with van der Waals surface area (Å²) < 4.78 is 21.3.